The van der Waals surface area contributed by atoms with E-state index >= 15 is 0 Å². The molecule has 2 aromatic carbocycles. The van der Waals surface area contributed by atoms with Crippen LogP contribution in [0.2, 0.25) is 5.02 Å². The summed E-state index contributed by atoms with van der Waals surface area (Å²) in [5, 5.41) is 0.544. The second-order valence-corrected chi connectivity index (χ2v) is 9.50. The van der Waals surface area contributed by atoms with Crippen LogP contribution in [0.1, 0.15) is 43.8 Å². The van der Waals surface area contributed by atoms with E-state index in [0.29, 0.717) is 29.4 Å². The number of fused-ring (bicyclic) bond motifs is 1. The maximum Gasteiger partial charge on any atom is 0.242 e. The minimum atomic E-state index is -0.138. The number of para-hydroxylation sites is 2. The maximum atomic E-state index is 13.3. The summed E-state index contributed by atoms with van der Waals surface area (Å²) in [6.45, 7) is 2.31. The summed E-state index contributed by atoms with van der Waals surface area (Å²) in [5.41, 5.74) is 2.42. The number of benzene rings is 2. The molecule has 0 radical (unpaired) electrons. The van der Waals surface area contributed by atoms with Gasteiger partial charge in [-0.05, 0) is 43.2 Å². The highest BCUT2D eigenvalue weighted by Crippen LogP contribution is 2.38. The molecule has 3 aromatic rings. The normalized spacial score (nSPS) is 19.0. The lowest BCUT2D eigenvalue weighted by atomic mass is 10.1. The van der Waals surface area contributed by atoms with Gasteiger partial charge in [0.15, 0.2) is 0 Å². The number of carbonyl (C=O) groups excluding carboxylic acids is 2. The van der Waals surface area contributed by atoms with Gasteiger partial charge >= 0.3 is 0 Å². The molecule has 2 amide bonds. The molecule has 178 valence electrons. The van der Waals surface area contributed by atoms with Gasteiger partial charge in [-0.25, -0.2) is 4.98 Å². The van der Waals surface area contributed by atoms with E-state index in [-0.39, 0.29) is 24.3 Å². The zero-order chi connectivity index (χ0) is 23.7. The lowest BCUT2D eigenvalue weighted by Crippen LogP contribution is -2.35. The number of hydrogen-bond donors (Lipinski definition) is 0. The second kappa shape index (κ2) is 9.66. The molecule has 8 heteroatoms. The third-order valence-electron chi connectivity index (χ3n) is 6.86. The molecule has 1 atom stereocenters. The number of amides is 2. The van der Waals surface area contributed by atoms with E-state index in [2.05, 4.69) is 0 Å². The van der Waals surface area contributed by atoms with Gasteiger partial charge in [0, 0.05) is 37.0 Å². The van der Waals surface area contributed by atoms with Gasteiger partial charge in [-0.15, -0.1) is 0 Å². The maximum absolute atomic E-state index is 13.3. The average Bonchev–Trinajstić information content (AvgIpc) is 3.26. The fourth-order valence-corrected chi connectivity index (χ4v) is 5.28. The molecule has 1 aromatic heterocycles. The van der Waals surface area contributed by atoms with Gasteiger partial charge in [0.2, 0.25) is 11.8 Å². The van der Waals surface area contributed by atoms with Crippen LogP contribution in [-0.2, 0) is 16.1 Å². The first-order valence-corrected chi connectivity index (χ1v) is 12.3. The van der Waals surface area contributed by atoms with E-state index in [1.165, 1.54) is 12.8 Å². The highest BCUT2D eigenvalue weighted by atomic mass is 35.5. The average molecular weight is 481 g/mol. The molecule has 0 saturated carbocycles. The Morgan fingerprint density at radius 3 is 2.65 bits per heavy atom. The lowest BCUT2D eigenvalue weighted by molar-refractivity contribution is -0.131. The second-order valence-electron chi connectivity index (χ2n) is 9.06. The molecule has 2 saturated heterocycles. The van der Waals surface area contributed by atoms with Crippen LogP contribution in [0.5, 0.6) is 5.75 Å². The third-order valence-corrected chi connectivity index (χ3v) is 7.09. The Morgan fingerprint density at radius 2 is 1.88 bits per heavy atom. The van der Waals surface area contributed by atoms with Crippen molar-refractivity contribution in [2.45, 2.75) is 44.6 Å². The van der Waals surface area contributed by atoms with Crippen molar-refractivity contribution in [2.24, 2.45) is 0 Å². The number of imidazole rings is 1. The molecule has 0 unspecified atom stereocenters. The van der Waals surface area contributed by atoms with Crippen LogP contribution in [-0.4, -0.2) is 53.0 Å². The molecular weight excluding hydrogens is 452 g/mol. The Hall–Kier alpha value is -3.06. The summed E-state index contributed by atoms with van der Waals surface area (Å²) in [5.74, 6) is 1.34. The minimum Gasteiger partial charge on any atom is -0.495 e. The molecule has 7 nitrogen and oxygen atoms in total. The Morgan fingerprint density at radius 1 is 1.12 bits per heavy atom. The highest BCUT2D eigenvalue weighted by molar-refractivity contribution is 6.31. The van der Waals surface area contributed by atoms with E-state index in [4.69, 9.17) is 21.3 Å². The van der Waals surface area contributed by atoms with Crippen molar-refractivity contribution >= 4 is 40.1 Å². The van der Waals surface area contributed by atoms with Crippen molar-refractivity contribution in [1.82, 2.24) is 14.5 Å². The summed E-state index contributed by atoms with van der Waals surface area (Å²) in [6.07, 6.45) is 4.77. The number of carbonyl (C=O) groups is 2. The van der Waals surface area contributed by atoms with Crippen LogP contribution < -0.4 is 9.64 Å². The van der Waals surface area contributed by atoms with E-state index in [9.17, 15) is 9.59 Å². The molecular formula is C26H29ClN4O3. The van der Waals surface area contributed by atoms with Crippen LogP contribution in [0.4, 0.5) is 5.69 Å². The van der Waals surface area contributed by atoms with Gasteiger partial charge in [0.05, 0.1) is 23.8 Å². The number of nitrogens with zero attached hydrogens (tertiary/aromatic N) is 4. The topological polar surface area (TPSA) is 67.7 Å². The number of methoxy groups -OCH3 is 1. The predicted molar refractivity (Wildman–Crippen MR) is 132 cm³/mol. The Kier molecular flexibility index (Phi) is 6.46. The van der Waals surface area contributed by atoms with Crippen molar-refractivity contribution in [3.63, 3.8) is 0 Å². The molecule has 0 aliphatic carbocycles. The number of anilines is 1. The molecule has 2 fully saturated rings. The third kappa shape index (κ3) is 4.37. The summed E-state index contributed by atoms with van der Waals surface area (Å²) in [6, 6.07) is 13.1. The summed E-state index contributed by atoms with van der Waals surface area (Å²) >= 11 is 6.22. The molecule has 0 bridgehead atoms. The van der Waals surface area contributed by atoms with Gasteiger partial charge in [0.25, 0.3) is 0 Å². The van der Waals surface area contributed by atoms with Crippen molar-refractivity contribution < 1.29 is 14.3 Å². The monoisotopic (exact) mass is 480 g/mol. The molecule has 34 heavy (non-hydrogen) atoms. The van der Waals surface area contributed by atoms with E-state index < -0.39 is 0 Å². The zero-order valence-corrected chi connectivity index (χ0v) is 20.1. The number of ether oxygens (including phenoxy) is 1. The van der Waals surface area contributed by atoms with Gasteiger partial charge in [-0.1, -0.05) is 36.6 Å². The first-order chi connectivity index (χ1) is 16.5. The number of aromatic nitrogens is 2. The smallest absolute Gasteiger partial charge is 0.242 e. The summed E-state index contributed by atoms with van der Waals surface area (Å²) in [7, 11) is 1.58. The molecule has 0 spiro atoms. The van der Waals surface area contributed by atoms with E-state index in [0.717, 1.165) is 42.8 Å². The lowest BCUT2D eigenvalue weighted by Gasteiger charge is -2.22. The molecule has 3 heterocycles. The summed E-state index contributed by atoms with van der Waals surface area (Å²) in [4.78, 5) is 34.9. The number of hydrogen-bond acceptors (Lipinski definition) is 4. The van der Waals surface area contributed by atoms with E-state index in [1.54, 1.807) is 30.2 Å². The number of likely N-dealkylation sites (tertiary alicyclic amines) is 1. The highest BCUT2D eigenvalue weighted by Gasteiger charge is 2.36. The first kappa shape index (κ1) is 22.7. The predicted octanol–water partition coefficient (Wildman–Crippen LogP) is 4.62. The van der Waals surface area contributed by atoms with Crippen molar-refractivity contribution in [3.05, 3.63) is 53.3 Å². The van der Waals surface area contributed by atoms with Crippen molar-refractivity contribution in [1.29, 1.82) is 0 Å². The van der Waals surface area contributed by atoms with Crippen LogP contribution in [0.15, 0.2) is 42.5 Å². The standard InChI is InChI=1S/C26H29ClN4O3/c1-34-23-11-10-19(27)15-22(23)30-16-18(14-24(30)32)26-28-20-8-4-5-9-21(20)31(26)17-25(33)29-12-6-2-3-7-13-29/h4-5,8-11,15,18H,2-3,6-7,12-14,16-17H2,1H3/t18-/m0/s1. The van der Waals surface area contributed by atoms with Crippen molar-refractivity contribution in [2.75, 3.05) is 31.6 Å². The van der Waals surface area contributed by atoms with Crippen molar-refractivity contribution in [3.8, 4) is 5.75 Å². The quantitative estimate of drug-likeness (QED) is 0.534. The molecule has 0 N–H and O–H groups in total. The largest absolute Gasteiger partial charge is 0.495 e. The SMILES string of the molecule is COc1ccc(Cl)cc1N1C[C@@H](c2nc3ccccc3n2CC(=O)N2CCCCCC2)CC1=O. The van der Waals surface area contributed by atoms with Crippen LogP contribution >= 0.6 is 11.6 Å². The first-order valence-electron chi connectivity index (χ1n) is 11.9. The molecule has 5 rings (SSSR count). The number of rotatable bonds is 5. The fraction of sp³-hybridized carbons (Fsp3) is 0.423. The van der Waals surface area contributed by atoms with Crippen LogP contribution in [0.25, 0.3) is 11.0 Å². The van der Waals surface area contributed by atoms with Crippen LogP contribution in [0.3, 0.4) is 0 Å². The van der Waals surface area contributed by atoms with Gasteiger partial charge in [-0.3, -0.25) is 9.59 Å². The van der Waals surface area contributed by atoms with Gasteiger partial charge in [0.1, 0.15) is 18.1 Å². The Balaban J connectivity index is 1.46. The summed E-state index contributed by atoms with van der Waals surface area (Å²) < 4.78 is 7.49. The Bertz CT molecular complexity index is 1220. The Labute approximate surface area is 204 Å². The van der Waals surface area contributed by atoms with Crippen LogP contribution in [0, 0.1) is 0 Å². The zero-order valence-electron chi connectivity index (χ0n) is 19.4. The van der Waals surface area contributed by atoms with Gasteiger partial charge in [-0.2, -0.15) is 0 Å². The van der Waals surface area contributed by atoms with E-state index in [1.807, 2.05) is 33.7 Å². The molecule has 2 aliphatic heterocycles. The fourth-order valence-electron chi connectivity index (χ4n) is 5.11. The molecule has 2 aliphatic rings. The van der Waals surface area contributed by atoms with Gasteiger partial charge < -0.3 is 19.1 Å². The minimum absolute atomic E-state index is 0.0111. The number of halogens is 1.